The molecule has 2 saturated heterocycles. The van der Waals surface area contributed by atoms with Crippen LogP contribution in [0.5, 0.6) is 0 Å². The Balaban J connectivity index is 1.36. The van der Waals surface area contributed by atoms with Gasteiger partial charge in [0.05, 0.1) is 30.0 Å². The zero-order valence-electron chi connectivity index (χ0n) is 20.0. The standard InChI is InChI=1S/C28H37NO4/c1-26-11-10-19-14-21-24(31)25(32)22(29(2)3)15-27(21)12-13-28(19,33-27)23(26)9-8-20(26)18-6-4-17(16-30)5-7-18/h4-8,10,21-25,30-32H,9,11-16H2,1-3H3. The molecule has 1 aromatic carbocycles. The van der Waals surface area contributed by atoms with E-state index in [1.54, 1.807) is 0 Å². The van der Waals surface area contributed by atoms with Gasteiger partial charge in [-0.15, -0.1) is 0 Å². The first-order valence-corrected chi connectivity index (χ1v) is 12.6. The Hall–Kier alpha value is -1.50. The van der Waals surface area contributed by atoms with Crippen molar-refractivity contribution in [2.75, 3.05) is 14.1 Å². The smallest absolute Gasteiger partial charge is 0.0958 e. The number of benzene rings is 1. The Morgan fingerprint density at radius 2 is 1.82 bits per heavy atom. The molecule has 5 aliphatic rings. The molecular weight excluding hydrogens is 414 g/mol. The van der Waals surface area contributed by atoms with Crippen LogP contribution in [0.2, 0.25) is 0 Å². The molecule has 3 fully saturated rings. The van der Waals surface area contributed by atoms with Gasteiger partial charge in [-0.1, -0.05) is 43.3 Å². The predicted molar refractivity (Wildman–Crippen MR) is 127 cm³/mol. The highest BCUT2D eigenvalue weighted by Gasteiger charge is 2.69. The summed E-state index contributed by atoms with van der Waals surface area (Å²) in [6.07, 6.45) is 8.91. The number of ether oxygens (including phenoxy) is 1. The Morgan fingerprint density at radius 1 is 1.06 bits per heavy atom. The van der Waals surface area contributed by atoms with Crippen LogP contribution in [0.25, 0.3) is 5.57 Å². The summed E-state index contributed by atoms with van der Waals surface area (Å²) in [7, 11) is 3.98. The summed E-state index contributed by atoms with van der Waals surface area (Å²) in [5.41, 5.74) is 4.35. The molecule has 8 atom stereocenters. The fraction of sp³-hybridized carbons (Fsp3) is 0.643. The molecule has 0 amide bonds. The minimum absolute atomic E-state index is 0.0103. The van der Waals surface area contributed by atoms with Crippen LogP contribution in [0.15, 0.2) is 42.0 Å². The van der Waals surface area contributed by atoms with Gasteiger partial charge in [0.2, 0.25) is 0 Å². The molecule has 178 valence electrons. The van der Waals surface area contributed by atoms with Crippen LogP contribution < -0.4 is 0 Å². The fourth-order valence-electron chi connectivity index (χ4n) is 8.27. The number of nitrogens with zero attached hydrogens (tertiary/aromatic N) is 1. The molecule has 1 saturated carbocycles. The van der Waals surface area contributed by atoms with E-state index in [4.69, 9.17) is 4.74 Å². The van der Waals surface area contributed by atoms with Gasteiger partial charge in [0, 0.05) is 23.3 Å². The monoisotopic (exact) mass is 451 g/mol. The second kappa shape index (κ2) is 7.25. The number of hydrogen-bond donors (Lipinski definition) is 3. The molecule has 33 heavy (non-hydrogen) atoms. The van der Waals surface area contributed by atoms with E-state index in [1.165, 1.54) is 16.7 Å². The quantitative estimate of drug-likeness (QED) is 0.615. The van der Waals surface area contributed by atoms with Crippen molar-refractivity contribution in [3.05, 3.63) is 53.1 Å². The van der Waals surface area contributed by atoms with E-state index in [9.17, 15) is 15.3 Å². The Bertz CT molecular complexity index is 1020. The van der Waals surface area contributed by atoms with Gasteiger partial charge in [0.1, 0.15) is 0 Å². The second-order valence-electron chi connectivity index (χ2n) is 11.7. The van der Waals surface area contributed by atoms with Gasteiger partial charge in [0.25, 0.3) is 0 Å². The number of aliphatic hydroxyl groups excluding tert-OH is 3. The lowest BCUT2D eigenvalue weighted by molar-refractivity contribution is -0.237. The van der Waals surface area contributed by atoms with Crippen LogP contribution in [0.4, 0.5) is 0 Å². The molecule has 2 spiro atoms. The molecule has 6 rings (SSSR count). The van der Waals surface area contributed by atoms with Gasteiger partial charge in [0.15, 0.2) is 0 Å². The lowest BCUT2D eigenvalue weighted by Gasteiger charge is -2.59. The summed E-state index contributed by atoms with van der Waals surface area (Å²) in [4.78, 5) is 2.05. The molecule has 5 heteroatoms. The molecule has 3 aliphatic carbocycles. The van der Waals surface area contributed by atoms with Crippen molar-refractivity contribution in [3.8, 4) is 0 Å². The molecule has 3 N–H and O–H groups in total. The number of allylic oxidation sites excluding steroid dienone is 3. The largest absolute Gasteiger partial charge is 0.392 e. The summed E-state index contributed by atoms with van der Waals surface area (Å²) in [6, 6.07) is 8.26. The minimum Gasteiger partial charge on any atom is -0.392 e. The van der Waals surface area contributed by atoms with E-state index in [0.717, 1.165) is 44.1 Å². The zero-order chi connectivity index (χ0) is 23.2. The van der Waals surface area contributed by atoms with Crippen molar-refractivity contribution in [2.45, 2.75) is 81.5 Å². The highest BCUT2D eigenvalue weighted by molar-refractivity contribution is 5.74. The molecule has 2 heterocycles. The van der Waals surface area contributed by atoms with E-state index in [1.807, 2.05) is 26.2 Å². The third-order valence-electron chi connectivity index (χ3n) is 10.1. The van der Waals surface area contributed by atoms with Crippen molar-refractivity contribution in [2.24, 2.45) is 17.3 Å². The van der Waals surface area contributed by atoms with Crippen molar-refractivity contribution < 1.29 is 20.1 Å². The van der Waals surface area contributed by atoms with Gasteiger partial charge >= 0.3 is 0 Å². The summed E-state index contributed by atoms with van der Waals surface area (Å²) in [6.45, 7) is 2.47. The summed E-state index contributed by atoms with van der Waals surface area (Å²) < 4.78 is 7.25. The second-order valence-corrected chi connectivity index (χ2v) is 11.7. The molecule has 2 aliphatic heterocycles. The topological polar surface area (TPSA) is 73.2 Å². The van der Waals surface area contributed by atoms with Gasteiger partial charge in [-0.2, -0.15) is 0 Å². The molecular formula is C28H37NO4. The van der Waals surface area contributed by atoms with E-state index < -0.39 is 12.2 Å². The molecule has 2 bridgehead atoms. The molecule has 1 aromatic rings. The Morgan fingerprint density at radius 3 is 2.52 bits per heavy atom. The molecule has 5 nitrogen and oxygen atoms in total. The number of rotatable bonds is 3. The summed E-state index contributed by atoms with van der Waals surface area (Å²) in [5.74, 6) is 0.356. The first-order chi connectivity index (χ1) is 15.7. The molecule has 0 aromatic heterocycles. The lowest BCUT2D eigenvalue weighted by Crippen LogP contribution is -2.66. The first-order valence-electron chi connectivity index (χ1n) is 12.6. The molecule has 0 radical (unpaired) electrons. The van der Waals surface area contributed by atoms with E-state index in [-0.39, 0.29) is 35.2 Å². The maximum absolute atomic E-state index is 11.2. The van der Waals surface area contributed by atoms with E-state index >= 15 is 0 Å². The van der Waals surface area contributed by atoms with Crippen LogP contribution in [0, 0.1) is 17.3 Å². The van der Waals surface area contributed by atoms with Gasteiger partial charge in [-0.05, 0) is 74.9 Å². The number of hydrogen-bond acceptors (Lipinski definition) is 5. The van der Waals surface area contributed by atoms with Crippen molar-refractivity contribution in [3.63, 3.8) is 0 Å². The molecule has 8 unspecified atom stereocenters. The van der Waals surface area contributed by atoms with Crippen molar-refractivity contribution in [1.29, 1.82) is 0 Å². The maximum atomic E-state index is 11.2. The Kier molecular flexibility index (Phi) is 4.83. The average molecular weight is 452 g/mol. The van der Waals surface area contributed by atoms with Gasteiger partial charge < -0.3 is 25.0 Å². The van der Waals surface area contributed by atoms with Crippen molar-refractivity contribution >= 4 is 5.57 Å². The third kappa shape index (κ3) is 2.83. The fourth-order valence-corrected chi connectivity index (χ4v) is 8.27. The van der Waals surface area contributed by atoms with Crippen LogP contribution in [-0.4, -0.2) is 63.8 Å². The van der Waals surface area contributed by atoms with Crippen LogP contribution in [0.1, 0.15) is 56.6 Å². The zero-order valence-corrected chi connectivity index (χ0v) is 20.0. The highest BCUT2D eigenvalue weighted by Crippen LogP contribution is 2.69. The highest BCUT2D eigenvalue weighted by atomic mass is 16.5. The van der Waals surface area contributed by atoms with Crippen LogP contribution in [-0.2, 0) is 11.3 Å². The Labute approximate surface area is 196 Å². The normalized spacial score (nSPS) is 45.8. The van der Waals surface area contributed by atoms with Crippen molar-refractivity contribution in [1.82, 2.24) is 4.90 Å². The SMILES string of the molecule is CN(C)C1CC23CCC4(O2)C(=CCC2(C)C(c5ccc(CO)cc5)=CCC24)CC3C(O)C1O. The number of likely N-dealkylation sites (N-methyl/N-ethyl adjacent to an activating group) is 1. The summed E-state index contributed by atoms with van der Waals surface area (Å²) in [5, 5.41) is 31.5. The summed E-state index contributed by atoms with van der Waals surface area (Å²) >= 11 is 0. The number of aliphatic hydroxyl groups is 3. The van der Waals surface area contributed by atoms with E-state index in [2.05, 4.69) is 36.1 Å². The van der Waals surface area contributed by atoms with Crippen LogP contribution in [0.3, 0.4) is 0 Å². The minimum atomic E-state index is -0.751. The lowest BCUT2D eigenvalue weighted by atomic mass is 9.57. The predicted octanol–water partition coefficient (Wildman–Crippen LogP) is 3.28. The van der Waals surface area contributed by atoms with Crippen LogP contribution >= 0.6 is 0 Å². The third-order valence-corrected chi connectivity index (χ3v) is 10.1. The average Bonchev–Trinajstić information content (AvgIpc) is 3.32. The van der Waals surface area contributed by atoms with Gasteiger partial charge in [-0.3, -0.25) is 0 Å². The van der Waals surface area contributed by atoms with Gasteiger partial charge in [-0.25, -0.2) is 0 Å². The maximum Gasteiger partial charge on any atom is 0.0958 e. The first kappa shape index (κ1) is 22.0. The number of fused-ring (bicyclic) bond motifs is 1. The van der Waals surface area contributed by atoms with E-state index in [0.29, 0.717) is 5.92 Å².